The van der Waals surface area contributed by atoms with Crippen LogP contribution in [-0.2, 0) is 11.2 Å². The van der Waals surface area contributed by atoms with Crippen molar-refractivity contribution in [2.24, 2.45) is 0 Å². The molecule has 21 heavy (non-hydrogen) atoms. The van der Waals surface area contributed by atoms with Crippen LogP contribution in [0.3, 0.4) is 0 Å². The van der Waals surface area contributed by atoms with E-state index in [1.54, 1.807) is 11.3 Å². The first kappa shape index (κ1) is 15.0. The molecule has 2 aliphatic rings. The highest BCUT2D eigenvalue weighted by molar-refractivity contribution is 7.11. The van der Waals surface area contributed by atoms with Gasteiger partial charge in [-0.15, -0.1) is 11.3 Å². The number of carbonyl (C=O) groups is 1. The molecule has 4 nitrogen and oxygen atoms in total. The van der Waals surface area contributed by atoms with Crippen molar-refractivity contribution in [1.29, 1.82) is 0 Å². The Hall–Kier alpha value is -0.940. The van der Waals surface area contributed by atoms with Crippen molar-refractivity contribution < 1.29 is 4.79 Å². The first-order valence-electron chi connectivity index (χ1n) is 8.01. The molecule has 1 amide bonds. The van der Waals surface area contributed by atoms with E-state index in [0.717, 1.165) is 28.7 Å². The smallest absolute Gasteiger partial charge is 0.228 e. The molecular weight excluding hydrogens is 282 g/mol. The van der Waals surface area contributed by atoms with Crippen LogP contribution in [0.2, 0.25) is 0 Å². The first-order chi connectivity index (χ1) is 10.0. The average molecular weight is 307 g/mol. The van der Waals surface area contributed by atoms with E-state index in [1.165, 1.54) is 25.8 Å². The number of aromatic nitrogens is 1. The molecule has 2 aliphatic heterocycles. The van der Waals surface area contributed by atoms with Gasteiger partial charge in [0.05, 0.1) is 17.1 Å². The minimum absolute atomic E-state index is 0.266. The lowest BCUT2D eigenvalue weighted by Crippen LogP contribution is -2.63. The van der Waals surface area contributed by atoms with Gasteiger partial charge in [0.25, 0.3) is 0 Å². The van der Waals surface area contributed by atoms with Crippen LogP contribution >= 0.6 is 11.3 Å². The summed E-state index contributed by atoms with van der Waals surface area (Å²) >= 11 is 1.65. The highest BCUT2D eigenvalue weighted by Gasteiger charge is 2.37. The first-order valence-corrected chi connectivity index (χ1v) is 8.82. The summed E-state index contributed by atoms with van der Waals surface area (Å²) in [6, 6.07) is 1.28. The van der Waals surface area contributed by atoms with Crippen molar-refractivity contribution >= 4 is 17.2 Å². The maximum Gasteiger partial charge on any atom is 0.228 e. The highest BCUT2D eigenvalue weighted by atomic mass is 32.1. The Labute approximate surface area is 131 Å². The van der Waals surface area contributed by atoms with E-state index in [-0.39, 0.29) is 5.91 Å². The van der Waals surface area contributed by atoms with Gasteiger partial charge in [-0.3, -0.25) is 9.69 Å². The van der Waals surface area contributed by atoms with Gasteiger partial charge in [0.15, 0.2) is 0 Å². The van der Waals surface area contributed by atoms with Crippen LogP contribution in [0.15, 0.2) is 0 Å². The fourth-order valence-electron chi connectivity index (χ4n) is 3.52. The van der Waals surface area contributed by atoms with Crippen LogP contribution < -0.4 is 0 Å². The van der Waals surface area contributed by atoms with Crippen molar-refractivity contribution in [3.8, 4) is 0 Å². The summed E-state index contributed by atoms with van der Waals surface area (Å²) in [7, 11) is 0. The second-order valence-corrected chi connectivity index (χ2v) is 7.74. The molecule has 1 aromatic heterocycles. The van der Waals surface area contributed by atoms with E-state index in [0.29, 0.717) is 18.5 Å². The molecule has 5 heteroatoms. The maximum absolute atomic E-state index is 12.4. The Morgan fingerprint density at radius 3 is 2.71 bits per heavy atom. The molecule has 1 aromatic rings. The normalized spacial score (nSPS) is 24.1. The number of rotatable bonds is 3. The standard InChI is InChI=1S/C16H25N3OS/c1-11-6-4-5-7-19(11)14-9-18(10-14)16(20)8-15-12(2)17-13(3)21-15/h11,14H,4-10H2,1-3H3/t11-/m0/s1. The Morgan fingerprint density at radius 1 is 1.33 bits per heavy atom. The van der Waals surface area contributed by atoms with Crippen molar-refractivity contribution in [3.63, 3.8) is 0 Å². The van der Waals surface area contributed by atoms with Gasteiger partial charge in [-0.1, -0.05) is 6.42 Å². The third kappa shape index (κ3) is 3.14. The number of amides is 1. The zero-order valence-electron chi connectivity index (χ0n) is 13.3. The molecule has 0 bridgehead atoms. The van der Waals surface area contributed by atoms with Gasteiger partial charge in [0.1, 0.15) is 0 Å². The zero-order valence-corrected chi connectivity index (χ0v) is 14.1. The lowest BCUT2D eigenvalue weighted by Gasteiger charge is -2.49. The molecule has 3 rings (SSSR count). The Morgan fingerprint density at radius 2 is 2.10 bits per heavy atom. The molecular formula is C16H25N3OS. The molecule has 0 unspecified atom stereocenters. The average Bonchev–Trinajstić information content (AvgIpc) is 2.68. The second-order valence-electron chi connectivity index (χ2n) is 6.45. The number of likely N-dealkylation sites (tertiary alicyclic amines) is 2. The van der Waals surface area contributed by atoms with Crippen molar-refractivity contribution in [3.05, 3.63) is 15.6 Å². The Bertz CT molecular complexity index is 522. The van der Waals surface area contributed by atoms with Crippen LogP contribution in [0, 0.1) is 13.8 Å². The molecule has 3 heterocycles. The van der Waals surface area contributed by atoms with Gasteiger partial charge >= 0.3 is 0 Å². The molecule has 0 saturated carbocycles. The second kappa shape index (κ2) is 6.05. The van der Waals surface area contributed by atoms with Gasteiger partial charge in [-0.25, -0.2) is 4.98 Å². The molecule has 1 atom stereocenters. The third-order valence-electron chi connectivity index (χ3n) is 4.85. The molecule has 0 aromatic carbocycles. The summed E-state index contributed by atoms with van der Waals surface area (Å²) in [5, 5.41) is 1.05. The summed E-state index contributed by atoms with van der Waals surface area (Å²) in [4.78, 5) is 22.5. The topological polar surface area (TPSA) is 36.4 Å². The predicted octanol–water partition coefficient (Wildman–Crippen LogP) is 2.39. The molecule has 0 N–H and O–H groups in total. The summed E-state index contributed by atoms with van der Waals surface area (Å²) in [6.07, 6.45) is 4.51. The number of carbonyl (C=O) groups excluding carboxylic acids is 1. The van der Waals surface area contributed by atoms with Crippen LogP contribution in [0.5, 0.6) is 0 Å². The van der Waals surface area contributed by atoms with Crippen LogP contribution in [-0.4, -0.2) is 52.4 Å². The molecule has 0 radical (unpaired) electrons. The molecule has 116 valence electrons. The van der Waals surface area contributed by atoms with E-state index in [9.17, 15) is 4.79 Å². The van der Waals surface area contributed by atoms with E-state index >= 15 is 0 Å². The third-order valence-corrected chi connectivity index (χ3v) is 5.92. The summed E-state index contributed by atoms with van der Waals surface area (Å²) in [5.74, 6) is 0.266. The molecule has 0 spiro atoms. The number of thiazole rings is 1. The van der Waals surface area contributed by atoms with E-state index in [4.69, 9.17) is 0 Å². The minimum Gasteiger partial charge on any atom is -0.339 e. The number of hydrogen-bond donors (Lipinski definition) is 0. The quantitative estimate of drug-likeness (QED) is 0.860. The SMILES string of the molecule is Cc1nc(C)c(CC(=O)N2CC(N3CCCC[C@@H]3C)C2)s1. The van der Waals surface area contributed by atoms with Crippen molar-refractivity contribution in [1.82, 2.24) is 14.8 Å². The number of aryl methyl sites for hydroxylation is 2. The van der Waals surface area contributed by atoms with Gasteiger partial charge in [0.2, 0.25) is 5.91 Å². The van der Waals surface area contributed by atoms with Crippen LogP contribution in [0.1, 0.15) is 41.8 Å². The number of hydrogen-bond acceptors (Lipinski definition) is 4. The number of piperidine rings is 1. The largest absolute Gasteiger partial charge is 0.339 e. The predicted molar refractivity (Wildman–Crippen MR) is 85.7 cm³/mol. The van der Waals surface area contributed by atoms with Crippen molar-refractivity contribution in [2.75, 3.05) is 19.6 Å². The van der Waals surface area contributed by atoms with Gasteiger partial charge in [-0.05, 0) is 40.2 Å². The lowest BCUT2D eigenvalue weighted by molar-refractivity contribution is -0.139. The van der Waals surface area contributed by atoms with Gasteiger partial charge < -0.3 is 4.90 Å². The molecule has 2 saturated heterocycles. The van der Waals surface area contributed by atoms with E-state index in [1.807, 2.05) is 18.7 Å². The summed E-state index contributed by atoms with van der Waals surface area (Å²) in [6.45, 7) is 9.37. The minimum atomic E-state index is 0.266. The van der Waals surface area contributed by atoms with E-state index < -0.39 is 0 Å². The maximum atomic E-state index is 12.4. The fraction of sp³-hybridized carbons (Fsp3) is 0.750. The fourth-order valence-corrected chi connectivity index (χ4v) is 4.45. The molecule has 0 aliphatic carbocycles. The van der Waals surface area contributed by atoms with Gasteiger partial charge in [0, 0.05) is 30.1 Å². The van der Waals surface area contributed by atoms with Gasteiger partial charge in [-0.2, -0.15) is 0 Å². The van der Waals surface area contributed by atoms with Crippen LogP contribution in [0.25, 0.3) is 0 Å². The number of nitrogens with zero attached hydrogens (tertiary/aromatic N) is 3. The lowest BCUT2D eigenvalue weighted by atomic mass is 9.97. The van der Waals surface area contributed by atoms with Crippen molar-refractivity contribution in [2.45, 2.75) is 58.5 Å². The molecule has 2 fully saturated rings. The summed E-state index contributed by atoms with van der Waals surface area (Å²) in [5.41, 5.74) is 1.02. The van der Waals surface area contributed by atoms with Crippen LogP contribution in [0.4, 0.5) is 0 Å². The van der Waals surface area contributed by atoms with E-state index in [2.05, 4.69) is 16.8 Å². The summed E-state index contributed by atoms with van der Waals surface area (Å²) < 4.78 is 0. The monoisotopic (exact) mass is 307 g/mol. The Kier molecular flexibility index (Phi) is 4.31. The Balaban J connectivity index is 1.51. The highest BCUT2D eigenvalue weighted by Crippen LogP contribution is 2.25. The zero-order chi connectivity index (χ0) is 15.0.